The van der Waals surface area contributed by atoms with Gasteiger partial charge in [0.25, 0.3) is 5.91 Å². The van der Waals surface area contributed by atoms with E-state index in [0.717, 1.165) is 44.2 Å². The first-order valence-corrected chi connectivity index (χ1v) is 9.14. The molecule has 1 aliphatic heterocycles. The molecule has 1 saturated heterocycles. The highest BCUT2D eigenvalue weighted by Gasteiger charge is 2.11. The number of carbonyl (C=O) groups is 1. The van der Waals surface area contributed by atoms with Crippen LogP contribution in [0.2, 0.25) is 10.0 Å². The van der Waals surface area contributed by atoms with Crippen LogP contribution >= 0.6 is 23.2 Å². The van der Waals surface area contributed by atoms with Crippen molar-refractivity contribution in [2.45, 2.75) is 0 Å². The number of morpholine rings is 1. The number of pyridine rings is 1. The van der Waals surface area contributed by atoms with E-state index in [1.807, 2.05) is 6.07 Å². The Labute approximate surface area is 162 Å². The average Bonchev–Trinajstić information content (AvgIpc) is 2.66. The summed E-state index contributed by atoms with van der Waals surface area (Å²) in [5.41, 5.74) is 1.93. The van der Waals surface area contributed by atoms with Crippen molar-refractivity contribution in [2.75, 3.05) is 44.7 Å². The first-order valence-electron chi connectivity index (χ1n) is 8.38. The van der Waals surface area contributed by atoms with E-state index < -0.39 is 0 Å². The molecule has 6 nitrogen and oxygen atoms in total. The second kappa shape index (κ2) is 9.19. The number of halogens is 2. The van der Waals surface area contributed by atoms with E-state index in [0.29, 0.717) is 22.3 Å². The maximum Gasteiger partial charge on any atom is 0.269 e. The molecular formula is C18H20Cl2N4O2. The Bertz CT molecular complexity index is 749. The molecule has 0 bridgehead atoms. The molecule has 138 valence electrons. The molecule has 2 heterocycles. The molecule has 1 aromatic carbocycles. The van der Waals surface area contributed by atoms with Crippen molar-refractivity contribution >= 4 is 40.5 Å². The molecule has 8 heteroatoms. The Kier molecular flexibility index (Phi) is 6.68. The van der Waals surface area contributed by atoms with Crippen molar-refractivity contribution in [3.8, 4) is 0 Å². The van der Waals surface area contributed by atoms with Crippen molar-refractivity contribution in [2.24, 2.45) is 0 Å². The predicted molar refractivity (Wildman–Crippen MR) is 104 cm³/mol. The number of amides is 1. The molecule has 0 unspecified atom stereocenters. The Morgan fingerprint density at radius 3 is 2.58 bits per heavy atom. The van der Waals surface area contributed by atoms with Crippen molar-refractivity contribution in [1.82, 2.24) is 15.2 Å². The first kappa shape index (κ1) is 18.9. The van der Waals surface area contributed by atoms with Crippen LogP contribution in [0.15, 0.2) is 36.5 Å². The minimum Gasteiger partial charge on any atom is -0.379 e. The van der Waals surface area contributed by atoms with Gasteiger partial charge in [0.15, 0.2) is 0 Å². The fourth-order valence-corrected chi connectivity index (χ4v) is 2.88. The highest BCUT2D eigenvalue weighted by Crippen LogP contribution is 2.26. The number of hydrogen-bond donors (Lipinski definition) is 2. The van der Waals surface area contributed by atoms with Gasteiger partial charge in [-0.25, -0.2) is 4.98 Å². The van der Waals surface area contributed by atoms with E-state index in [2.05, 4.69) is 20.5 Å². The summed E-state index contributed by atoms with van der Waals surface area (Å²) < 4.78 is 5.30. The summed E-state index contributed by atoms with van der Waals surface area (Å²) in [5, 5.41) is 7.03. The molecule has 2 aromatic rings. The van der Waals surface area contributed by atoms with Crippen LogP contribution < -0.4 is 10.6 Å². The minimum atomic E-state index is -0.181. The maximum absolute atomic E-state index is 12.2. The highest BCUT2D eigenvalue weighted by molar-refractivity contribution is 6.42. The van der Waals surface area contributed by atoms with Gasteiger partial charge in [-0.15, -0.1) is 0 Å². The van der Waals surface area contributed by atoms with Crippen LogP contribution in [0, 0.1) is 0 Å². The Balaban J connectivity index is 1.49. The molecule has 26 heavy (non-hydrogen) atoms. The van der Waals surface area contributed by atoms with Gasteiger partial charge in [0.2, 0.25) is 0 Å². The smallest absolute Gasteiger partial charge is 0.269 e. The Morgan fingerprint density at radius 2 is 1.88 bits per heavy atom. The first-order chi connectivity index (χ1) is 12.6. The normalized spacial score (nSPS) is 14.8. The minimum absolute atomic E-state index is 0.181. The zero-order valence-corrected chi connectivity index (χ0v) is 15.7. The Morgan fingerprint density at radius 1 is 1.12 bits per heavy atom. The van der Waals surface area contributed by atoms with Gasteiger partial charge in [-0.05, 0) is 30.3 Å². The highest BCUT2D eigenvalue weighted by atomic mass is 35.5. The Hall–Kier alpha value is -1.86. The van der Waals surface area contributed by atoms with E-state index in [9.17, 15) is 4.79 Å². The molecule has 1 amide bonds. The second-order valence-corrected chi connectivity index (χ2v) is 6.71. The van der Waals surface area contributed by atoms with Gasteiger partial charge in [-0.3, -0.25) is 9.69 Å². The lowest BCUT2D eigenvalue weighted by molar-refractivity contribution is 0.0383. The van der Waals surface area contributed by atoms with Crippen molar-refractivity contribution in [3.05, 3.63) is 52.3 Å². The van der Waals surface area contributed by atoms with Crippen molar-refractivity contribution in [1.29, 1.82) is 0 Å². The predicted octanol–water partition coefficient (Wildman–Crippen LogP) is 3.19. The zero-order valence-electron chi connectivity index (χ0n) is 14.2. The molecule has 0 aliphatic carbocycles. The SMILES string of the molecule is O=C(NCCN1CCOCC1)c1ccc(Nc2ccc(Cl)c(Cl)c2)cn1. The number of nitrogens with zero attached hydrogens (tertiary/aromatic N) is 2. The number of hydrogen-bond acceptors (Lipinski definition) is 5. The van der Waals surface area contributed by atoms with Crippen LogP contribution in [0.5, 0.6) is 0 Å². The quantitative estimate of drug-likeness (QED) is 0.787. The van der Waals surface area contributed by atoms with E-state index in [-0.39, 0.29) is 5.91 Å². The topological polar surface area (TPSA) is 66.5 Å². The van der Waals surface area contributed by atoms with Gasteiger partial charge in [-0.1, -0.05) is 23.2 Å². The molecule has 2 N–H and O–H groups in total. The summed E-state index contributed by atoms with van der Waals surface area (Å²) in [6, 6.07) is 8.75. The molecule has 1 fully saturated rings. The number of aromatic nitrogens is 1. The summed E-state index contributed by atoms with van der Waals surface area (Å²) in [6.45, 7) is 4.72. The lowest BCUT2D eigenvalue weighted by Crippen LogP contribution is -2.41. The van der Waals surface area contributed by atoms with E-state index in [1.54, 1.807) is 30.5 Å². The number of ether oxygens (including phenoxy) is 1. The van der Waals surface area contributed by atoms with Crippen LogP contribution in [0.25, 0.3) is 0 Å². The number of nitrogens with one attached hydrogen (secondary N) is 2. The van der Waals surface area contributed by atoms with Crippen LogP contribution in [0.3, 0.4) is 0 Å². The van der Waals surface area contributed by atoms with Crippen molar-refractivity contribution < 1.29 is 9.53 Å². The number of rotatable bonds is 6. The fraction of sp³-hybridized carbons (Fsp3) is 0.333. The van der Waals surface area contributed by atoms with Crippen LogP contribution in [-0.4, -0.2) is 55.2 Å². The van der Waals surface area contributed by atoms with Gasteiger partial charge < -0.3 is 15.4 Å². The van der Waals surface area contributed by atoms with E-state index in [1.165, 1.54) is 0 Å². The van der Waals surface area contributed by atoms with Crippen LogP contribution in [-0.2, 0) is 4.74 Å². The largest absolute Gasteiger partial charge is 0.379 e. The molecule has 1 aromatic heterocycles. The van der Waals surface area contributed by atoms with Gasteiger partial charge in [0.05, 0.1) is 35.1 Å². The van der Waals surface area contributed by atoms with Crippen LogP contribution in [0.1, 0.15) is 10.5 Å². The third-order valence-corrected chi connectivity index (χ3v) is 4.76. The number of anilines is 2. The van der Waals surface area contributed by atoms with Crippen LogP contribution in [0.4, 0.5) is 11.4 Å². The zero-order chi connectivity index (χ0) is 18.4. The van der Waals surface area contributed by atoms with E-state index >= 15 is 0 Å². The average molecular weight is 395 g/mol. The lowest BCUT2D eigenvalue weighted by atomic mass is 10.3. The number of benzene rings is 1. The molecule has 0 radical (unpaired) electrons. The molecular weight excluding hydrogens is 375 g/mol. The van der Waals surface area contributed by atoms with Gasteiger partial charge in [0.1, 0.15) is 5.69 Å². The van der Waals surface area contributed by atoms with Crippen molar-refractivity contribution in [3.63, 3.8) is 0 Å². The molecule has 3 rings (SSSR count). The summed E-state index contributed by atoms with van der Waals surface area (Å²) in [6.07, 6.45) is 1.61. The summed E-state index contributed by atoms with van der Waals surface area (Å²) in [7, 11) is 0. The fourth-order valence-electron chi connectivity index (χ4n) is 2.59. The summed E-state index contributed by atoms with van der Waals surface area (Å²) in [5.74, 6) is -0.181. The third-order valence-electron chi connectivity index (χ3n) is 4.02. The molecule has 0 atom stereocenters. The van der Waals surface area contributed by atoms with Gasteiger partial charge in [0, 0.05) is 31.9 Å². The van der Waals surface area contributed by atoms with Gasteiger partial charge in [-0.2, -0.15) is 0 Å². The molecule has 0 saturated carbocycles. The summed E-state index contributed by atoms with van der Waals surface area (Å²) >= 11 is 11.9. The monoisotopic (exact) mass is 394 g/mol. The maximum atomic E-state index is 12.2. The van der Waals surface area contributed by atoms with Gasteiger partial charge >= 0.3 is 0 Å². The summed E-state index contributed by atoms with van der Waals surface area (Å²) in [4.78, 5) is 18.6. The lowest BCUT2D eigenvalue weighted by Gasteiger charge is -2.26. The molecule has 0 spiro atoms. The standard InChI is InChI=1S/C18H20Cl2N4O2/c19-15-3-1-13(11-16(15)20)23-14-2-4-17(22-12-14)18(25)21-5-6-24-7-9-26-10-8-24/h1-4,11-12,23H,5-10H2,(H,21,25). The second-order valence-electron chi connectivity index (χ2n) is 5.90. The third kappa shape index (κ3) is 5.32. The van der Waals surface area contributed by atoms with E-state index in [4.69, 9.17) is 27.9 Å². The molecule has 1 aliphatic rings. The number of carbonyl (C=O) groups excluding carboxylic acids is 1.